The van der Waals surface area contributed by atoms with Gasteiger partial charge < -0.3 is 25.2 Å². The largest absolute Gasteiger partial charge is 0.444 e. The van der Waals surface area contributed by atoms with E-state index in [4.69, 9.17) is 4.74 Å². The van der Waals surface area contributed by atoms with Crippen LogP contribution in [0.4, 0.5) is 33.6 Å². The van der Waals surface area contributed by atoms with Gasteiger partial charge in [-0.15, -0.1) is 0 Å². The van der Waals surface area contributed by atoms with Crippen molar-refractivity contribution in [1.29, 1.82) is 0 Å². The number of nitrogens with one attached hydrogen (secondary N) is 2. The van der Waals surface area contributed by atoms with Crippen molar-refractivity contribution in [2.75, 3.05) is 46.8 Å². The van der Waals surface area contributed by atoms with Gasteiger partial charge in [0.2, 0.25) is 17.8 Å². The SMILES string of the molecule is CC(C)N1CC(=O)N(C)c2cnc(Nc3cc(NC(=O)[C@H]4CCCN4C(=O)OC(C)(C)C)cc(S(C)(=O)=O)c3)nc21. The lowest BCUT2D eigenvalue weighted by molar-refractivity contribution is -0.120. The maximum Gasteiger partial charge on any atom is 0.410 e. The number of likely N-dealkylation sites (N-methyl/N-ethyl adjacent to an activating group) is 1. The third-order valence-corrected chi connectivity index (χ3v) is 7.82. The van der Waals surface area contributed by atoms with E-state index in [-0.39, 0.29) is 35.0 Å². The fourth-order valence-electron chi connectivity index (χ4n) is 4.65. The molecule has 1 aromatic heterocycles. The second kappa shape index (κ2) is 11.1. The molecule has 0 spiro atoms. The molecule has 0 unspecified atom stereocenters. The Bertz CT molecular complexity index is 1470. The summed E-state index contributed by atoms with van der Waals surface area (Å²) in [6, 6.07) is 3.60. The van der Waals surface area contributed by atoms with Gasteiger partial charge in [0.05, 0.1) is 17.6 Å². The maximum atomic E-state index is 13.3. The molecule has 14 heteroatoms. The maximum absolute atomic E-state index is 13.3. The molecule has 3 heterocycles. The zero-order chi connectivity index (χ0) is 30.3. The molecule has 2 aliphatic heterocycles. The van der Waals surface area contributed by atoms with Crippen molar-refractivity contribution in [3.63, 3.8) is 0 Å². The molecule has 3 amide bonds. The van der Waals surface area contributed by atoms with Crippen molar-refractivity contribution in [1.82, 2.24) is 14.9 Å². The summed E-state index contributed by atoms with van der Waals surface area (Å²) in [6.45, 7) is 9.72. The number of ether oxygens (including phenoxy) is 1. The number of rotatable bonds is 6. The van der Waals surface area contributed by atoms with Gasteiger partial charge >= 0.3 is 6.09 Å². The Hall–Kier alpha value is -3.94. The molecule has 1 saturated heterocycles. The lowest BCUT2D eigenvalue weighted by atomic mass is 10.2. The number of carbonyl (C=O) groups is 3. The fourth-order valence-corrected chi connectivity index (χ4v) is 5.34. The number of anilines is 5. The van der Waals surface area contributed by atoms with Crippen LogP contribution in [-0.4, -0.2) is 85.3 Å². The summed E-state index contributed by atoms with van der Waals surface area (Å²) in [7, 11) is -2.00. The summed E-state index contributed by atoms with van der Waals surface area (Å²) in [5, 5.41) is 5.80. The van der Waals surface area contributed by atoms with E-state index in [2.05, 4.69) is 20.6 Å². The van der Waals surface area contributed by atoms with Crippen LogP contribution in [-0.2, 0) is 24.2 Å². The summed E-state index contributed by atoms with van der Waals surface area (Å²) in [5.41, 5.74) is 0.406. The van der Waals surface area contributed by atoms with Gasteiger partial charge in [-0.2, -0.15) is 4.98 Å². The van der Waals surface area contributed by atoms with Crippen LogP contribution in [0.5, 0.6) is 0 Å². The molecule has 2 aliphatic rings. The molecule has 0 saturated carbocycles. The summed E-state index contributed by atoms with van der Waals surface area (Å²) in [4.78, 5) is 52.0. The second-order valence-corrected chi connectivity index (χ2v) is 13.6. The summed E-state index contributed by atoms with van der Waals surface area (Å²) >= 11 is 0. The molecule has 2 aromatic rings. The zero-order valence-corrected chi connectivity index (χ0v) is 25.2. The summed E-state index contributed by atoms with van der Waals surface area (Å²) in [6.07, 6.45) is 3.12. The van der Waals surface area contributed by atoms with E-state index < -0.39 is 33.5 Å². The number of nitrogens with zero attached hydrogens (tertiary/aromatic N) is 5. The first-order valence-corrected chi connectivity index (χ1v) is 15.3. The Morgan fingerprint density at radius 3 is 2.46 bits per heavy atom. The van der Waals surface area contributed by atoms with Gasteiger partial charge in [-0.1, -0.05) is 0 Å². The summed E-state index contributed by atoms with van der Waals surface area (Å²) in [5.74, 6) is 0.224. The monoisotopic (exact) mass is 587 g/mol. The van der Waals surface area contributed by atoms with Gasteiger partial charge in [0, 0.05) is 37.3 Å². The molecular weight excluding hydrogens is 550 g/mol. The van der Waals surface area contributed by atoms with E-state index in [1.54, 1.807) is 33.9 Å². The Labute approximate surface area is 240 Å². The third-order valence-electron chi connectivity index (χ3n) is 6.73. The second-order valence-electron chi connectivity index (χ2n) is 11.5. The van der Waals surface area contributed by atoms with Crippen LogP contribution in [0.3, 0.4) is 0 Å². The lowest BCUT2D eigenvalue weighted by Gasteiger charge is -2.36. The first-order valence-electron chi connectivity index (χ1n) is 13.4. The van der Waals surface area contributed by atoms with Crippen LogP contribution in [0, 0.1) is 0 Å². The first kappa shape index (κ1) is 30.0. The van der Waals surface area contributed by atoms with E-state index in [0.717, 1.165) is 6.26 Å². The normalized spacial score (nSPS) is 17.5. The minimum absolute atomic E-state index is 0.000333. The van der Waals surface area contributed by atoms with E-state index in [0.29, 0.717) is 36.6 Å². The van der Waals surface area contributed by atoms with Gasteiger partial charge in [0.25, 0.3) is 0 Å². The van der Waals surface area contributed by atoms with Gasteiger partial charge in [-0.25, -0.2) is 18.2 Å². The van der Waals surface area contributed by atoms with Crippen molar-refractivity contribution >= 4 is 56.6 Å². The topological polar surface area (TPSA) is 154 Å². The third kappa shape index (κ3) is 6.87. The number of hydrogen-bond donors (Lipinski definition) is 2. The van der Waals surface area contributed by atoms with Crippen molar-refractivity contribution < 1.29 is 27.5 Å². The Morgan fingerprint density at radius 2 is 1.83 bits per heavy atom. The Morgan fingerprint density at radius 1 is 1.15 bits per heavy atom. The number of sulfone groups is 1. The highest BCUT2D eigenvalue weighted by atomic mass is 32.2. The van der Waals surface area contributed by atoms with E-state index in [1.807, 2.05) is 18.7 Å². The van der Waals surface area contributed by atoms with Gasteiger partial charge in [-0.05, 0) is 65.7 Å². The van der Waals surface area contributed by atoms with Crippen LogP contribution in [0.2, 0.25) is 0 Å². The van der Waals surface area contributed by atoms with Crippen molar-refractivity contribution in [2.24, 2.45) is 0 Å². The van der Waals surface area contributed by atoms with Crippen molar-refractivity contribution in [3.05, 3.63) is 24.4 Å². The number of benzene rings is 1. The van der Waals surface area contributed by atoms with Crippen LogP contribution in [0.25, 0.3) is 0 Å². The lowest BCUT2D eigenvalue weighted by Crippen LogP contribution is -2.47. The van der Waals surface area contributed by atoms with Crippen LogP contribution < -0.4 is 20.4 Å². The minimum atomic E-state index is -3.66. The highest BCUT2D eigenvalue weighted by Crippen LogP contribution is 2.33. The van der Waals surface area contributed by atoms with Crippen LogP contribution >= 0.6 is 0 Å². The molecule has 4 rings (SSSR count). The first-order chi connectivity index (χ1) is 19.0. The fraction of sp³-hybridized carbons (Fsp3) is 0.519. The number of carbonyl (C=O) groups excluding carboxylic acids is 3. The number of aromatic nitrogens is 2. The molecular formula is C27H37N7O6S. The molecule has 1 fully saturated rings. The molecule has 1 atom stereocenters. The molecule has 0 radical (unpaired) electrons. The van der Waals surface area contributed by atoms with E-state index in [1.165, 1.54) is 28.1 Å². The molecule has 0 bridgehead atoms. The highest BCUT2D eigenvalue weighted by molar-refractivity contribution is 7.90. The quantitative estimate of drug-likeness (QED) is 0.515. The van der Waals surface area contributed by atoms with E-state index >= 15 is 0 Å². The van der Waals surface area contributed by atoms with Crippen LogP contribution in [0.1, 0.15) is 47.5 Å². The average molecular weight is 588 g/mol. The standard InChI is InChI=1S/C27H37N7O6S/c1-16(2)34-15-22(35)32(6)21-14-28-25(31-23(21)34)30-18-11-17(12-19(13-18)41(7,38)39)29-24(36)20-9-8-10-33(20)26(37)40-27(3,4)5/h11-14,16,20H,8-10,15H2,1-7H3,(H,29,36)(H,28,30,31)/t20-/m1/s1. The average Bonchev–Trinajstić information content (AvgIpc) is 3.35. The van der Waals surface area contributed by atoms with E-state index in [9.17, 15) is 22.8 Å². The number of amides is 3. The molecule has 222 valence electrons. The summed E-state index contributed by atoms with van der Waals surface area (Å²) < 4.78 is 30.4. The van der Waals surface area contributed by atoms with Gasteiger partial charge in [0.1, 0.15) is 17.3 Å². The van der Waals surface area contributed by atoms with Crippen molar-refractivity contribution in [2.45, 2.75) is 70.0 Å². The minimum Gasteiger partial charge on any atom is -0.444 e. The van der Waals surface area contributed by atoms with Gasteiger partial charge in [-0.3, -0.25) is 14.5 Å². The highest BCUT2D eigenvalue weighted by Gasteiger charge is 2.37. The zero-order valence-electron chi connectivity index (χ0n) is 24.4. The predicted octanol–water partition coefficient (Wildman–Crippen LogP) is 3.15. The number of likely N-dealkylation sites (tertiary alicyclic amines) is 1. The smallest absolute Gasteiger partial charge is 0.410 e. The Kier molecular flexibility index (Phi) is 8.16. The van der Waals surface area contributed by atoms with Gasteiger partial charge in [0.15, 0.2) is 15.7 Å². The molecule has 0 aliphatic carbocycles. The number of hydrogen-bond acceptors (Lipinski definition) is 10. The predicted molar refractivity (Wildman–Crippen MR) is 155 cm³/mol. The Balaban J connectivity index is 1.61. The molecule has 13 nitrogen and oxygen atoms in total. The van der Waals surface area contributed by atoms with Crippen molar-refractivity contribution in [3.8, 4) is 0 Å². The molecule has 2 N–H and O–H groups in total. The van der Waals surface area contributed by atoms with Crippen LogP contribution in [0.15, 0.2) is 29.3 Å². The number of fused-ring (bicyclic) bond motifs is 1. The molecule has 1 aromatic carbocycles. The molecule has 41 heavy (non-hydrogen) atoms.